The maximum absolute atomic E-state index is 13.3. The molecule has 8 heteroatoms. The molecule has 1 fully saturated rings. The number of aromatic carboxylic acids is 1. The Morgan fingerprint density at radius 2 is 1.62 bits per heavy atom. The van der Waals surface area contributed by atoms with Crippen LogP contribution in [0, 0.1) is 27.7 Å². The van der Waals surface area contributed by atoms with E-state index in [0.29, 0.717) is 28.1 Å². The third kappa shape index (κ3) is 3.69. The van der Waals surface area contributed by atoms with Crippen LogP contribution in [0.1, 0.15) is 38.4 Å². The highest BCUT2D eigenvalue weighted by Gasteiger charge is 2.37. The van der Waals surface area contributed by atoms with Crippen LogP contribution >= 0.6 is 0 Å². The Morgan fingerprint density at radius 3 is 2.29 bits per heavy atom. The molecule has 1 aliphatic rings. The number of aromatic nitrogens is 1. The highest BCUT2D eigenvalue weighted by Crippen LogP contribution is 2.29. The first-order valence-electron chi connectivity index (χ1n) is 10.6. The van der Waals surface area contributed by atoms with E-state index in [4.69, 9.17) is 0 Å². The van der Waals surface area contributed by atoms with Crippen LogP contribution in [0.5, 0.6) is 0 Å². The van der Waals surface area contributed by atoms with Crippen LogP contribution in [0.3, 0.4) is 0 Å². The predicted octanol–water partition coefficient (Wildman–Crippen LogP) is 4.08. The van der Waals surface area contributed by atoms with Crippen molar-refractivity contribution in [2.45, 2.75) is 27.7 Å². The first-order valence-corrected chi connectivity index (χ1v) is 10.6. The van der Waals surface area contributed by atoms with Gasteiger partial charge in [0.25, 0.3) is 11.8 Å². The van der Waals surface area contributed by atoms with E-state index in [-0.39, 0.29) is 11.1 Å². The maximum atomic E-state index is 13.3. The zero-order valence-corrected chi connectivity index (χ0v) is 19.2. The third-order valence-corrected chi connectivity index (χ3v) is 6.00. The van der Waals surface area contributed by atoms with Crippen molar-refractivity contribution in [1.29, 1.82) is 0 Å². The number of nitrogens with zero attached hydrogens (tertiary/aromatic N) is 2. The summed E-state index contributed by atoms with van der Waals surface area (Å²) in [6.45, 7) is 7.19. The summed E-state index contributed by atoms with van der Waals surface area (Å²) in [4.78, 5) is 50.9. The minimum atomic E-state index is -1.02. The number of hydrogen-bond donors (Lipinski definition) is 2. The molecular formula is C26H23N3O5. The fraction of sp³-hybridized carbons (Fsp3) is 0.154. The number of amides is 4. The summed E-state index contributed by atoms with van der Waals surface area (Å²) < 4.78 is 1.88. The molecule has 0 aliphatic carbocycles. The SMILES string of the molecule is Cc1ccccc1N1C(=O)NC(=O)/C(=C\c2cc(C)n(-c3cccc(C(=O)O)c3C)c2C)C1=O. The zero-order valence-electron chi connectivity index (χ0n) is 19.2. The largest absolute Gasteiger partial charge is 0.478 e. The minimum absolute atomic E-state index is 0.167. The predicted molar refractivity (Wildman–Crippen MR) is 127 cm³/mol. The van der Waals surface area contributed by atoms with Crippen molar-refractivity contribution in [1.82, 2.24) is 9.88 Å². The normalized spacial score (nSPS) is 15.1. The molecule has 1 aromatic heterocycles. The zero-order chi connectivity index (χ0) is 24.7. The lowest BCUT2D eigenvalue weighted by Gasteiger charge is -2.27. The average Bonchev–Trinajstić information content (AvgIpc) is 3.05. The van der Waals surface area contributed by atoms with Crippen LogP contribution in [-0.4, -0.2) is 33.5 Å². The highest BCUT2D eigenvalue weighted by molar-refractivity contribution is 6.39. The first-order chi connectivity index (χ1) is 16.1. The topological polar surface area (TPSA) is 109 Å². The van der Waals surface area contributed by atoms with E-state index in [1.807, 2.05) is 30.5 Å². The summed E-state index contributed by atoms with van der Waals surface area (Å²) in [6, 6.07) is 13.0. The van der Waals surface area contributed by atoms with Crippen LogP contribution in [0.2, 0.25) is 0 Å². The van der Waals surface area contributed by atoms with Gasteiger partial charge < -0.3 is 9.67 Å². The standard InChI is InChI=1S/C26H23N3O5/c1-14-8-5-6-10-21(14)29-24(31)20(23(30)27-26(29)34)13-18-12-15(2)28(17(18)4)22-11-7-9-19(16(22)3)25(32)33/h5-13H,1-4H3,(H,32,33)(H,27,30,34)/b20-13+. The van der Waals surface area contributed by atoms with Crippen molar-refractivity contribution in [2.75, 3.05) is 4.90 Å². The summed E-state index contributed by atoms with van der Waals surface area (Å²) in [5.41, 5.74) is 4.55. The number of nitrogens with one attached hydrogen (secondary N) is 1. The Balaban J connectivity index is 1.81. The van der Waals surface area contributed by atoms with Crippen molar-refractivity contribution in [3.8, 4) is 5.69 Å². The van der Waals surface area contributed by atoms with Gasteiger partial charge in [-0.15, -0.1) is 0 Å². The molecule has 172 valence electrons. The van der Waals surface area contributed by atoms with Gasteiger partial charge in [0, 0.05) is 17.1 Å². The molecule has 0 bridgehead atoms. The molecule has 4 amide bonds. The number of carboxylic acids is 1. The van der Waals surface area contributed by atoms with Crippen LogP contribution in [0.4, 0.5) is 10.5 Å². The van der Waals surface area contributed by atoms with E-state index in [0.717, 1.165) is 16.3 Å². The molecule has 2 N–H and O–H groups in total. The van der Waals surface area contributed by atoms with Crippen LogP contribution in [0.15, 0.2) is 54.1 Å². The molecule has 3 aromatic rings. The Hall–Kier alpha value is -4.46. The lowest BCUT2D eigenvalue weighted by Crippen LogP contribution is -2.54. The Bertz CT molecular complexity index is 1410. The minimum Gasteiger partial charge on any atom is -0.478 e. The molecule has 0 atom stereocenters. The number of barbiturate groups is 1. The van der Waals surface area contributed by atoms with E-state index in [1.165, 1.54) is 6.08 Å². The van der Waals surface area contributed by atoms with Crippen molar-refractivity contribution < 1.29 is 24.3 Å². The van der Waals surface area contributed by atoms with Gasteiger partial charge in [-0.05, 0) is 74.7 Å². The van der Waals surface area contributed by atoms with Crippen molar-refractivity contribution >= 4 is 35.6 Å². The molecule has 4 rings (SSSR count). The Morgan fingerprint density at radius 1 is 0.941 bits per heavy atom. The number of anilines is 1. The fourth-order valence-corrected chi connectivity index (χ4v) is 4.25. The molecule has 1 saturated heterocycles. The number of rotatable bonds is 4. The fourth-order valence-electron chi connectivity index (χ4n) is 4.25. The molecule has 0 unspecified atom stereocenters. The van der Waals surface area contributed by atoms with Gasteiger partial charge in [-0.25, -0.2) is 14.5 Å². The molecule has 0 radical (unpaired) electrons. The summed E-state index contributed by atoms with van der Waals surface area (Å²) in [5.74, 6) is -2.50. The van der Waals surface area contributed by atoms with E-state index < -0.39 is 23.8 Å². The second-order valence-corrected chi connectivity index (χ2v) is 8.16. The van der Waals surface area contributed by atoms with E-state index in [1.54, 1.807) is 50.2 Å². The number of benzene rings is 2. The summed E-state index contributed by atoms with van der Waals surface area (Å²) in [6.07, 6.45) is 1.46. The van der Waals surface area contributed by atoms with Crippen molar-refractivity contribution in [2.24, 2.45) is 0 Å². The Labute approximate surface area is 196 Å². The van der Waals surface area contributed by atoms with Gasteiger partial charge in [-0.2, -0.15) is 0 Å². The van der Waals surface area contributed by atoms with Gasteiger partial charge in [0.05, 0.1) is 11.3 Å². The maximum Gasteiger partial charge on any atom is 0.336 e. The molecule has 0 saturated carbocycles. The monoisotopic (exact) mass is 457 g/mol. The number of aryl methyl sites for hydroxylation is 2. The van der Waals surface area contributed by atoms with E-state index in [2.05, 4.69) is 5.32 Å². The number of urea groups is 1. The summed E-state index contributed by atoms with van der Waals surface area (Å²) in [7, 11) is 0. The van der Waals surface area contributed by atoms with Crippen LogP contribution in [-0.2, 0) is 9.59 Å². The van der Waals surface area contributed by atoms with Gasteiger partial charge in [-0.3, -0.25) is 14.9 Å². The van der Waals surface area contributed by atoms with Gasteiger partial charge in [0.15, 0.2) is 0 Å². The summed E-state index contributed by atoms with van der Waals surface area (Å²) in [5, 5.41) is 11.7. The van der Waals surface area contributed by atoms with Gasteiger partial charge in [0.2, 0.25) is 0 Å². The van der Waals surface area contributed by atoms with E-state index >= 15 is 0 Å². The van der Waals surface area contributed by atoms with Crippen LogP contribution in [0.25, 0.3) is 11.8 Å². The van der Waals surface area contributed by atoms with Gasteiger partial charge >= 0.3 is 12.0 Å². The molecule has 34 heavy (non-hydrogen) atoms. The third-order valence-electron chi connectivity index (χ3n) is 6.00. The molecule has 8 nitrogen and oxygen atoms in total. The lowest BCUT2D eigenvalue weighted by atomic mass is 10.1. The number of hydrogen-bond acceptors (Lipinski definition) is 4. The van der Waals surface area contributed by atoms with E-state index in [9.17, 15) is 24.3 Å². The molecular weight excluding hydrogens is 434 g/mol. The van der Waals surface area contributed by atoms with Gasteiger partial charge in [-0.1, -0.05) is 24.3 Å². The number of carboxylic acid groups (broad SMARTS) is 1. The first kappa shape index (κ1) is 22.7. The number of para-hydroxylation sites is 1. The van der Waals surface area contributed by atoms with Crippen molar-refractivity contribution in [3.63, 3.8) is 0 Å². The number of carbonyl (C=O) groups is 4. The van der Waals surface area contributed by atoms with Crippen molar-refractivity contribution in [3.05, 3.63) is 87.7 Å². The second-order valence-electron chi connectivity index (χ2n) is 8.16. The average molecular weight is 457 g/mol. The molecule has 1 aliphatic heterocycles. The number of carbonyl (C=O) groups excluding carboxylic acids is 3. The molecule has 2 aromatic carbocycles. The smallest absolute Gasteiger partial charge is 0.336 e. The Kier molecular flexibility index (Phi) is 5.66. The molecule has 0 spiro atoms. The highest BCUT2D eigenvalue weighted by atomic mass is 16.4. The lowest BCUT2D eigenvalue weighted by molar-refractivity contribution is -0.122. The van der Waals surface area contributed by atoms with Gasteiger partial charge in [0.1, 0.15) is 5.57 Å². The summed E-state index contributed by atoms with van der Waals surface area (Å²) >= 11 is 0. The second kappa shape index (κ2) is 8.47. The number of imide groups is 2. The molecule has 2 heterocycles. The quantitative estimate of drug-likeness (QED) is 0.453. The van der Waals surface area contributed by atoms with Crippen LogP contribution < -0.4 is 10.2 Å².